The number of nitrogens with zero attached hydrogens (tertiary/aromatic N) is 5. The van der Waals surface area contributed by atoms with Gasteiger partial charge in [-0.25, -0.2) is 14.0 Å². The first-order valence-electron chi connectivity index (χ1n) is 8.52. The molecule has 1 fully saturated rings. The van der Waals surface area contributed by atoms with E-state index in [4.69, 9.17) is 4.74 Å². The molecule has 0 bridgehead atoms. The van der Waals surface area contributed by atoms with E-state index in [-0.39, 0.29) is 24.8 Å². The van der Waals surface area contributed by atoms with Crippen LogP contribution in [0.2, 0.25) is 0 Å². The molecule has 10 heteroatoms. The van der Waals surface area contributed by atoms with Crippen LogP contribution in [0.4, 0.5) is 13.2 Å². The fourth-order valence-corrected chi connectivity index (χ4v) is 2.95. The lowest BCUT2D eigenvalue weighted by Crippen LogP contribution is -2.13. The summed E-state index contributed by atoms with van der Waals surface area (Å²) in [5, 5.41) is 11.6. The van der Waals surface area contributed by atoms with Gasteiger partial charge in [0.1, 0.15) is 5.69 Å². The summed E-state index contributed by atoms with van der Waals surface area (Å²) in [6.45, 7) is 1.97. The minimum Gasteiger partial charge on any atom is -0.461 e. The van der Waals surface area contributed by atoms with Gasteiger partial charge in [0.25, 0.3) is 0 Å². The Hall–Kier alpha value is -2.91. The second kappa shape index (κ2) is 6.36. The molecule has 0 amide bonds. The Morgan fingerprint density at radius 1 is 1.30 bits per heavy atom. The van der Waals surface area contributed by atoms with Crippen molar-refractivity contribution in [3.05, 3.63) is 47.0 Å². The third kappa shape index (κ3) is 3.51. The van der Waals surface area contributed by atoms with Gasteiger partial charge < -0.3 is 4.74 Å². The Bertz CT molecular complexity index is 1000. The first-order valence-corrected chi connectivity index (χ1v) is 8.52. The van der Waals surface area contributed by atoms with Gasteiger partial charge in [-0.3, -0.25) is 0 Å². The Kier molecular flexibility index (Phi) is 4.12. The number of halogens is 3. The maximum Gasteiger partial charge on any atom is 0.433 e. The van der Waals surface area contributed by atoms with Crippen molar-refractivity contribution in [1.29, 1.82) is 0 Å². The highest BCUT2D eigenvalue weighted by Crippen LogP contribution is 2.42. The zero-order valence-corrected chi connectivity index (χ0v) is 14.4. The molecule has 0 radical (unpaired) electrons. The lowest BCUT2D eigenvalue weighted by molar-refractivity contribution is -0.142. The molecule has 0 atom stereocenters. The van der Waals surface area contributed by atoms with Gasteiger partial charge in [-0.2, -0.15) is 18.3 Å². The molecule has 3 aromatic rings. The van der Waals surface area contributed by atoms with Crippen LogP contribution in [0.15, 0.2) is 24.4 Å². The fraction of sp³-hybridized carbons (Fsp3) is 0.412. The summed E-state index contributed by atoms with van der Waals surface area (Å²) >= 11 is 0. The van der Waals surface area contributed by atoms with Gasteiger partial charge in [-0.1, -0.05) is 5.21 Å². The quantitative estimate of drug-likeness (QED) is 0.637. The molecule has 7 nitrogen and oxygen atoms in total. The number of hydrogen-bond donors (Lipinski definition) is 0. The largest absolute Gasteiger partial charge is 0.461 e. The minimum atomic E-state index is -4.50. The van der Waals surface area contributed by atoms with Crippen molar-refractivity contribution in [3.63, 3.8) is 0 Å². The van der Waals surface area contributed by atoms with Gasteiger partial charge in [-0.05, 0) is 49.4 Å². The number of ether oxygens (including phenoxy) is 1. The summed E-state index contributed by atoms with van der Waals surface area (Å²) < 4.78 is 47.4. The van der Waals surface area contributed by atoms with Crippen molar-refractivity contribution in [2.75, 3.05) is 6.61 Å². The Balaban J connectivity index is 1.66. The smallest absolute Gasteiger partial charge is 0.433 e. The van der Waals surface area contributed by atoms with Crippen LogP contribution in [-0.4, -0.2) is 37.2 Å². The highest BCUT2D eigenvalue weighted by molar-refractivity contribution is 5.86. The first kappa shape index (κ1) is 17.5. The maximum atomic E-state index is 13.4. The number of alkyl halides is 3. The summed E-state index contributed by atoms with van der Waals surface area (Å²) in [4.78, 5) is 11.6. The molecule has 27 heavy (non-hydrogen) atoms. The van der Waals surface area contributed by atoms with Gasteiger partial charge in [0.2, 0.25) is 0 Å². The predicted octanol–water partition coefficient (Wildman–Crippen LogP) is 3.05. The Morgan fingerprint density at radius 3 is 2.74 bits per heavy atom. The van der Waals surface area contributed by atoms with E-state index in [1.165, 1.54) is 16.9 Å². The zero-order chi connectivity index (χ0) is 19.2. The summed E-state index contributed by atoms with van der Waals surface area (Å²) in [5.41, 5.74) is 0.694. The lowest BCUT2D eigenvalue weighted by atomic mass is 10.1. The number of aromatic nitrogens is 5. The molecule has 0 unspecified atom stereocenters. The average Bonchev–Trinajstić information content (AvgIpc) is 3.21. The lowest BCUT2D eigenvalue weighted by Gasteiger charge is -2.11. The van der Waals surface area contributed by atoms with Gasteiger partial charge in [0.15, 0.2) is 5.69 Å². The predicted molar refractivity (Wildman–Crippen MR) is 87.2 cm³/mol. The molecule has 0 N–H and O–H groups in total. The van der Waals surface area contributed by atoms with Crippen molar-refractivity contribution >= 4 is 11.5 Å². The van der Waals surface area contributed by atoms with Crippen LogP contribution in [0.25, 0.3) is 5.52 Å². The number of fused-ring (bicyclic) bond motifs is 1. The monoisotopic (exact) mass is 379 g/mol. The van der Waals surface area contributed by atoms with Crippen LogP contribution in [-0.2, 0) is 17.5 Å². The van der Waals surface area contributed by atoms with E-state index < -0.39 is 17.8 Å². The third-order valence-corrected chi connectivity index (χ3v) is 4.32. The normalized spacial score (nSPS) is 14.7. The first-order chi connectivity index (χ1) is 12.8. The number of hydrogen-bond acceptors (Lipinski definition) is 5. The molecule has 0 aliphatic heterocycles. The third-order valence-electron chi connectivity index (χ3n) is 4.32. The van der Waals surface area contributed by atoms with E-state index in [0.29, 0.717) is 16.8 Å². The Morgan fingerprint density at radius 2 is 2.07 bits per heavy atom. The van der Waals surface area contributed by atoms with Crippen molar-refractivity contribution in [1.82, 2.24) is 24.6 Å². The summed E-state index contributed by atoms with van der Waals surface area (Å²) in [5.74, 6) is -0.413. The summed E-state index contributed by atoms with van der Waals surface area (Å²) in [6, 6.07) is 4.51. The van der Waals surface area contributed by atoms with Crippen LogP contribution in [0.5, 0.6) is 0 Å². The number of carbonyl (C=O) groups is 1. The number of esters is 1. The topological polar surface area (TPSA) is 74.3 Å². The molecular formula is C17H16F3N5O2. The van der Waals surface area contributed by atoms with Crippen molar-refractivity contribution in [2.45, 2.75) is 38.4 Å². The van der Waals surface area contributed by atoms with E-state index >= 15 is 0 Å². The van der Waals surface area contributed by atoms with Crippen molar-refractivity contribution < 1.29 is 22.7 Å². The second-order valence-corrected chi connectivity index (χ2v) is 6.44. The number of pyridine rings is 1. The van der Waals surface area contributed by atoms with Crippen LogP contribution in [0.1, 0.15) is 53.1 Å². The average molecular weight is 379 g/mol. The van der Waals surface area contributed by atoms with Crippen LogP contribution in [0, 0.1) is 0 Å². The molecular weight excluding hydrogens is 363 g/mol. The molecule has 4 rings (SSSR count). The van der Waals surface area contributed by atoms with Gasteiger partial charge in [0.05, 0.1) is 30.6 Å². The highest BCUT2D eigenvalue weighted by atomic mass is 19.4. The molecule has 3 heterocycles. The molecule has 3 aromatic heterocycles. The van der Waals surface area contributed by atoms with Crippen LogP contribution in [0.3, 0.4) is 0 Å². The highest BCUT2D eigenvalue weighted by Gasteiger charge is 2.36. The second-order valence-electron chi connectivity index (χ2n) is 6.44. The molecule has 1 aliphatic rings. The Labute approximate surface area is 151 Å². The van der Waals surface area contributed by atoms with Gasteiger partial charge >= 0.3 is 12.1 Å². The molecule has 1 aliphatic carbocycles. The summed E-state index contributed by atoms with van der Waals surface area (Å²) in [7, 11) is 0. The zero-order valence-electron chi connectivity index (χ0n) is 14.4. The molecule has 0 saturated heterocycles. The number of carbonyl (C=O) groups excluding carboxylic acids is 1. The maximum absolute atomic E-state index is 13.4. The van der Waals surface area contributed by atoms with E-state index in [1.54, 1.807) is 19.1 Å². The summed E-state index contributed by atoms with van der Waals surface area (Å²) in [6.07, 6.45) is -1.31. The van der Waals surface area contributed by atoms with Crippen molar-refractivity contribution in [2.24, 2.45) is 0 Å². The van der Waals surface area contributed by atoms with Crippen LogP contribution >= 0.6 is 0 Å². The standard InChI is InChI=1S/C17H16F3N5O2/c1-2-27-16(26)14-9-24(23-21-14)8-12-7-13-5-11(10-3-4-10)6-15(17(18,19)20)25(13)22-12/h5-7,9-10H,2-4,8H2,1H3. The van der Waals surface area contributed by atoms with Crippen LogP contribution < -0.4 is 0 Å². The van der Waals surface area contributed by atoms with Gasteiger partial charge in [0, 0.05) is 0 Å². The van der Waals surface area contributed by atoms with E-state index in [9.17, 15) is 18.0 Å². The number of rotatable bonds is 5. The fourth-order valence-electron chi connectivity index (χ4n) is 2.95. The molecule has 1 saturated carbocycles. The molecule has 0 spiro atoms. The SMILES string of the molecule is CCOC(=O)c1cn(Cc2cc3cc(C4CC4)cc(C(F)(F)F)n3n2)nn1. The van der Waals surface area contributed by atoms with Gasteiger partial charge in [-0.15, -0.1) is 5.10 Å². The molecule has 0 aromatic carbocycles. The minimum absolute atomic E-state index is 0.0348. The van der Waals surface area contributed by atoms with E-state index in [1.807, 2.05) is 0 Å². The van der Waals surface area contributed by atoms with E-state index in [2.05, 4.69) is 15.4 Å². The van der Waals surface area contributed by atoms with E-state index in [0.717, 1.165) is 17.4 Å². The molecule has 142 valence electrons. The van der Waals surface area contributed by atoms with Crippen molar-refractivity contribution in [3.8, 4) is 0 Å².